The van der Waals surface area contributed by atoms with Crippen LogP contribution in [0.1, 0.15) is 32.1 Å². The van der Waals surface area contributed by atoms with E-state index in [0.29, 0.717) is 19.3 Å². The molecule has 0 saturated carbocycles. The predicted octanol–water partition coefficient (Wildman–Crippen LogP) is 1.59. The minimum absolute atomic E-state index is 0.446. The van der Waals surface area contributed by atoms with Gasteiger partial charge < -0.3 is 19.5 Å². The van der Waals surface area contributed by atoms with Crippen molar-refractivity contribution in [2.45, 2.75) is 38.2 Å². The molecule has 1 N–H and O–H groups in total. The Labute approximate surface area is 105 Å². The van der Waals surface area contributed by atoms with E-state index in [1.165, 1.54) is 25.7 Å². The Morgan fingerprint density at radius 1 is 1.18 bits per heavy atom. The number of hydrogen-bond donors (Lipinski definition) is 1. The van der Waals surface area contributed by atoms with Crippen molar-refractivity contribution in [1.29, 1.82) is 0 Å². The van der Waals surface area contributed by atoms with Crippen molar-refractivity contribution in [2.75, 3.05) is 46.6 Å². The van der Waals surface area contributed by atoms with Crippen molar-refractivity contribution < 1.29 is 14.2 Å². The molecule has 0 spiro atoms. The Balaban J connectivity index is 1.75. The average molecular weight is 245 g/mol. The highest BCUT2D eigenvalue weighted by Crippen LogP contribution is 2.11. The molecule has 17 heavy (non-hydrogen) atoms. The molecule has 1 saturated heterocycles. The maximum Gasteiger partial charge on any atom is 0.0700 e. The molecule has 1 rings (SSSR count). The Hall–Kier alpha value is -0.160. The maximum atomic E-state index is 5.65. The third-order valence-corrected chi connectivity index (χ3v) is 2.97. The molecular weight excluding hydrogens is 218 g/mol. The van der Waals surface area contributed by atoms with Crippen molar-refractivity contribution in [1.82, 2.24) is 5.32 Å². The first-order valence-electron chi connectivity index (χ1n) is 6.82. The summed E-state index contributed by atoms with van der Waals surface area (Å²) in [6.07, 6.45) is 6.49. The van der Waals surface area contributed by atoms with Crippen molar-refractivity contribution in [3.8, 4) is 0 Å². The molecule has 1 unspecified atom stereocenters. The molecule has 0 amide bonds. The minimum Gasteiger partial charge on any atom is -0.382 e. The van der Waals surface area contributed by atoms with Crippen LogP contribution in [0.2, 0.25) is 0 Å². The standard InChI is InChI=1S/C13H27NO3/c1-15-10-11-16-8-5-3-7-14-12-13-6-2-4-9-17-13/h13-14H,2-12H2,1H3. The van der Waals surface area contributed by atoms with Crippen LogP contribution < -0.4 is 5.32 Å². The lowest BCUT2D eigenvalue weighted by Crippen LogP contribution is -2.32. The number of nitrogens with one attached hydrogen (secondary N) is 1. The summed E-state index contributed by atoms with van der Waals surface area (Å²) in [4.78, 5) is 0. The summed E-state index contributed by atoms with van der Waals surface area (Å²) < 4.78 is 15.9. The van der Waals surface area contributed by atoms with E-state index in [1.54, 1.807) is 7.11 Å². The summed E-state index contributed by atoms with van der Waals surface area (Å²) in [7, 11) is 1.70. The van der Waals surface area contributed by atoms with E-state index in [-0.39, 0.29) is 0 Å². The van der Waals surface area contributed by atoms with Gasteiger partial charge in [-0.25, -0.2) is 0 Å². The SMILES string of the molecule is COCCOCCCCNCC1CCCCO1. The molecular formula is C13H27NO3. The van der Waals surface area contributed by atoms with Crippen LogP contribution in [0.4, 0.5) is 0 Å². The monoisotopic (exact) mass is 245 g/mol. The fourth-order valence-corrected chi connectivity index (χ4v) is 1.93. The van der Waals surface area contributed by atoms with E-state index < -0.39 is 0 Å². The molecule has 1 fully saturated rings. The maximum absolute atomic E-state index is 5.65. The van der Waals surface area contributed by atoms with Gasteiger partial charge in [0.15, 0.2) is 0 Å². The zero-order valence-electron chi connectivity index (χ0n) is 11.1. The van der Waals surface area contributed by atoms with Gasteiger partial charge in [0, 0.05) is 26.9 Å². The third kappa shape index (κ3) is 8.55. The molecule has 1 atom stereocenters. The molecule has 1 aliphatic rings. The lowest BCUT2D eigenvalue weighted by Gasteiger charge is -2.22. The normalized spacial score (nSPS) is 20.6. The largest absolute Gasteiger partial charge is 0.382 e. The first-order chi connectivity index (χ1) is 8.43. The summed E-state index contributed by atoms with van der Waals surface area (Å²) in [5.74, 6) is 0. The predicted molar refractivity (Wildman–Crippen MR) is 68.4 cm³/mol. The Bertz CT molecular complexity index is 161. The van der Waals surface area contributed by atoms with Gasteiger partial charge in [-0.15, -0.1) is 0 Å². The first-order valence-corrected chi connectivity index (χ1v) is 6.82. The van der Waals surface area contributed by atoms with Crippen LogP contribution in [0.15, 0.2) is 0 Å². The van der Waals surface area contributed by atoms with Crippen molar-refractivity contribution in [3.63, 3.8) is 0 Å². The van der Waals surface area contributed by atoms with Crippen molar-refractivity contribution in [2.24, 2.45) is 0 Å². The van der Waals surface area contributed by atoms with E-state index >= 15 is 0 Å². The van der Waals surface area contributed by atoms with E-state index in [0.717, 1.165) is 32.7 Å². The lowest BCUT2D eigenvalue weighted by atomic mass is 10.1. The summed E-state index contributed by atoms with van der Waals surface area (Å²) in [6.45, 7) is 5.25. The molecule has 102 valence electrons. The molecule has 0 aromatic carbocycles. The van der Waals surface area contributed by atoms with Gasteiger partial charge in [-0.05, 0) is 38.6 Å². The highest BCUT2D eigenvalue weighted by atomic mass is 16.5. The summed E-state index contributed by atoms with van der Waals surface area (Å²) in [5, 5.41) is 3.45. The van der Waals surface area contributed by atoms with Gasteiger partial charge in [0.25, 0.3) is 0 Å². The second kappa shape index (κ2) is 11.0. The Morgan fingerprint density at radius 3 is 2.88 bits per heavy atom. The van der Waals surface area contributed by atoms with E-state index in [4.69, 9.17) is 14.2 Å². The van der Waals surface area contributed by atoms with E-state index in [1.807, 2.05) is 0 Å². The number of unbranched alkanes of at least 4 members (excludes halogenated alkanes) is 1. The summed E-state index contributed by atoms with van der Waals surface area (Å²) in [6, 6.07) is 0. The topological polar surface area (TPSA) is 39.7 Å². The summed E-state index contributed by atoms with van der Waals surface area (Å²) >= 11 is 0. The molecule has 0 bridgehead atoms. The quantitative estimate of drug-likeness (QED) is 0.593. The fraction of sp³-hybridized carbons (Fsp3) is 1.00. The van der Waals surface area contributed by atoms with Crippen LogP contribution in [0, 0.1) is 0 Å². The molecule has 1 heterocycles. The molecule has 0 radical (unpaired) electrons. The zero-order chi connectivity index (χ0) is 12.2. The minimum atomic E-state index is 0.446. The molecule has 0 aromatic heterocycles. The van der Waals surface area contributed by atoms with Gasteiger partial charge in [-0.2, -0.15) is 0 Å². The zero-order valence-corrected chi connectivity index (χ0v) is 11.1. The molecule has 0 aromatic rings. The van der Waals surface area contributed by atoms with E-state index in [2.05, 4.69) is 5.32 Å². The van der Waals surface area contributed by atoms with Crippen LogP contribution in [-0.4, -0.2) is 52.7 Å². The van der Waals surface area contributed by atoms with Crippen LogP contribution in [0.5, 0.6) is 0 Å². The lowest BCUT2D eigenvalue weighted by molar-refractivity contribution is 0.0169. The van der Waals surface area contributed by atoms with Crippen molar-refractivity contribution in [3.05, 3.63) is 0 Å². The van der Waals surface area contributed by atoms with Gasteiger partial charge in [0.1, 0.15) is 0 Å². The van der Waals surface area contributed by atoms with Gasteiger partial charge >= 0.3 is 0 Å². The van der Waals surface area contributed by atoms with Crippen LogP contribution in [0.25, 0.3) is 0 Å². The van der Waals surface area contributed by atoms with Gasteiger partial charge in [0.2, 0.25) is 0 Å². The average Bonchev–Trinajstić information content (AvgIpc) is 2.38. The van der Waals surface area contributed by atoms with Crippen LogP contribution in [-0.2, 0) is 14.2 Å². The van der Waals surface area contributed by atoms with Crippen LogP contribution >= 0.6 is 0 Å². The second-order valence-corrected chi connectivity index (χ2v) is 4.50. The fourth-order valence-electron chi connectivity index (χ4n) is 1.93. The highest BCUT2D eigenvalue weighted by Gasteiger charge is 2.12. The first kappa shape index (κ1) is 14.9. The molecule has 4 heteroatoms. The van der Waals surface area contributed by atoms with E-state index in [9.17, 15) is 0 Å². The second-order valence-electron chi connectivity index (χ2n) is 4.50. The Kier molecular flexibility index (Phi) is 9.61. The molecule has 1 aliphatic heterocycles. The number of hydrogen-bond acceptors (Lipinski definition) is 4. The number of ether oxygens (including phenoxy) is 3. The van der Waals surface area contributed by atoms with Gasteiger partial charge in [-0.1, -0.05) is 0 Å². The molecule has 4 nitrogen and oxygen atoms in total. The third-order valence-electron chi connectivity index (χ3n) is 2.97. The number of rotatable bonds is 10. The van der Waals surface area contributed by atoms with Gasteiger partial charge in [-0.3, -0.25) is 0 Å². The van der Waals surface area contributed by atoms with Crippen molar-refractivity contribution >= 4 is 0 Å². The van der Waals surface area contributed by atoms with Gasteiger partial charge in [0.05, 0.1) is 19.3 Å². The highest BCUT2D eigenvalue weighted by molar-refractivity contribution is 4.66. The Morgan fingerprint density at radius 2 is 2.12 bits per heavy atom. The summed E-state index contributed by atoms with van der Waals surface area (Å²) in [5.41, 5.74) is 0. The smallest absolute Gasteiger partial charge is 0.0700 e. The number of methoxy groups -OCH3 is 1. The van der Waals surface area contributed by atoms with Crippen LogP contribution in [0.3, 0.4) is 0 Å². The molecule has 0 aliphatic carbocycles.